The third kappa shape index (κ3) is 6.80. The maximum absolute atomic E-state index is 13.1. The zero-order chi connectivity index (χ0) is 23.6. The summed E-state index contributed by atoms with van der Waals surface area (Å²) in [5.41, 5.74) is 1.54. The van der Waals surface area contributed by atoms with Crippen molar-refractivity contribution in [2.45, 2.75) is 69.9 Å². The van der Waals surface area contributed by atoms with Gasteiger partial charge in [-0.1, -0.05) is 81.8 Å². The lowest BCUT2D eigenvalue weighted by atomic mass is 9.89. The molecule has 0 aromatic heterocycles. The first-order chi connectivity index (χ1) is 15.3. The Bertz CT molecular complexity index is 790. The van der Waals surface area contributed by atoms with E-state index >= 15 is 0 Å². The topological polar surface area (TPSA) is 27.7 Å². The summed E-state index contributed by atoms with van der Waals surface area (Å²) in [7, 11) is 4.66. The molecule has 2 rings (SSSR count). The van der Waals surface area contributed by atoms with E-state index in [4.69, 9.17) is 14.2 Å². The highest BCUT2D eigenvalue weighted by molar-refractivity contribution is 5.64. The molecule has 3 nitrogen and oxygen atoms in total. The van der Waals surface area contributed by atoms with Gasteiger partial charge in [-0.3, -0.25) is 0 Å². The summed E-state index contributed by atoms with van der Waals surface area (Å²) in [4.78, 5) is 0. The summed E-state index contributed by atoms with van der Waals surface area (Å²) in [6.45, 7) is 2.20. The highest BCUT2D eigenvalue weighted by Crippen LogP contribution is 2.38. The van der Waals surface area contributed by atoms with Gasteiger partial charge in [0.2, 0.25) is 0 Å². The molecule has 0 aliphatic heterocycles. The van der Waals surface area contributed by atoms with Gasteiger partial charge in [0.1, 0.15) is 0 Å². The Morgan fingerprint density at radius 2 is 1.34 bits per heavy atom. The molecule has 0 radical (unpaired) electrons. The van der Waals surface area contributed by atoms with Gasteiger partial charge in [0.15, 0.2) is 0 Å². The van der Waals surface area contributed by atoms with E-state index in [2.05, 4.69) is 6.92 Å². The molecular weight excluding hydrogens is 417 g/mol. The molecule has 0 saturated heterocycles. The molecule has 0 bridgehead atoms. The van der Waals surface area contributed by atoms with E-state index in [0.29, 0.717) is 5.56 Å². The zero-order valence-electron chi connectivity index (χ0n) is 19.5. The van der Waals surface area contributed by atoms with Gasteiger partial charge >= 0.3 is 6.18 Å². The van der Waals surface area contributed by atoms with Gasteiger partial charge in [0.05, 0.1) is 11.5 Å². The minimum absolute atomic E-state index is 0.177. The van der Waals surface area contributed by atoms with E-state index in [1.807, 2.05) is 24.3 Å². The van der Waals surface area contributed by atoms with Gasteiger partial charge in [-0.05, 0) is 35.2 Å². The van der Waals surface area contributed by atoms with E-state index < -0.39 is 17.7 Å². The molecule has 178 valence electrons. The van der Waals surface area contributed by atoms with Crippen LogP contribution >= 0.6 is 0 Å². The molecule has 0 saturated carbocycles. The number of hydrogen-bond donors (Lipinski definition) is 0. The molecule has 1 unspecified atom stereocenters. The fraction of sp³-hybridized carbons (Fsp3) is 0.538. The number of alkyl halides is 3. The van der Waals surface area contributed by atoms with Crippen molar-refractivity contribution < 1.29 is 27.4 Å². The quantitative estimate of drug-likeness (QED) is 0.229. The van der Waals surface area contributed by atoms with E-state index in [9.17, 15) is 13.2 Å². The van der Waals surface area contributed by atoms with Crippen LogP contribution in [-0.2, 0) is 20.4 Å². The van der Waals surface area contributed by atoms with Gasteiger partial charge in [0, 0.05) is 21.3 Å². The second-order valence-corrected chi connectivity index (χ2v) is 8.03. The minimum atomic E-state index is -4.37. The van der Waals surface area contributed by atoms with Crippen molar-refractivity contribution in [3.63, 3.8) is 0 Å². The average molecular weight is 453 g/mol. The van der Waals surface area contributed by atoms with Crippen LogP contribution in [0.15, 0.2) is 48.5 Å². The van der Waals surface area contributed by atoms with Crippen LogP contribution in [0.2, 0.25) is 0 Å². The summed E-state index contributed by atoms with van der Waals surface area (Å²) in [5, 5.41) is 0. The highest BCUT2D eigenvalue weighted by atomic mass is 19.4. The van der Waals surface area contributed by atoms with E-state index in [0.717, 1.165) is 36.5 Å². The SMILES string of the molecule is CCCCCCCCC(c1ccc(-c2cccc(C(F)(F)F)c2)cc1)C(OC)(OC)OC. The molecule has 0 N–H and O–H groups in total. The molecule has 6 heteroatoms. The number of unbranched alkanes of at least 4 members (excludes halogenated alkanes) is 5. The second-order valence-electron chi connectivity index (χ2n) is 8.03. The zero-order valence-corrected chi connectivity index (χ0v) is 19.5. The van der Waals surface area contributed by atoms with E-state index in [1.54, 1.807) is 27.4 Å². The van der Waals surface area contributed by atoms with Gasteiger partial charge in [-0.15, -0.1) is 0 Å². The lowest BCUT2D eigenvalue weighted by molar-refractivity contribution is -0.365. The van der Waals surface area contributed by atoms with Crippen LogP contribution < -0.4 is 0 Å². The predicted octanol–water partition coefficient (Wildman–Crippen LogP) is 7.80. The van der Waals surface area contributed by atoms with Crippen molar-refractivity contribution in [3.05, 3.63) is 59.7 Å². The van der Waals surface area contributed by atoms with E-state index in [-0.39, 0.29) is 5.92 Å². The standard InChI is InChI=1S/C26H35F3O3/c1-5-6-7-8-9-10-14-24(26(30-2,31-3)32-4)21-17-15-20(16-18-21)22-12-11-13-23(19-22)25(27,28)29/h11-13,15-19,24H,5-10,14H2,1-4H3. The van der Waals surface area contributed by atoms with Crippen molar-refractivity contribution in [1.29, 1.82) is 0 Å². The molecule has 1 atom stereocenters. The first-order valence-corrected chi connectivity index (χ1v) is 11.2. The molecule has 0 fully saturated rings. The molecular formula is C26H35F3O3. The minimum Gasteiger partial charge on any atom is -0.330 e. The highest BCUT2D eigenvalue weighted by Gasteiger charge is 2.40. The maximum atomic E-state index is 13.1. The Balaban J connectivity index is 2.24. The lowest BCUT2D eigenvalue weighted by Crippen LogP contribution is -2.42. The summed E-state index contributed by atoms with van der Waals surface area (Å²) < 4.78 is 56.2. The van der Waals surface area contributed by atoms with Gasteiger partial charge in [-0.2, -0.15) is 13.2 Å². The third-order valence-corrected chi connectivity index (χ3v) is 5.96. The molecule has 0 heterocycles. The Morgan fingerprint density at radius 1 is 0.750 bits per heavy atom. The number of rotatable bonds is 13. The van der Waals surface area contributed by atoms with Crippen molar-refractivity contribution >= 4 is 0 Å². The predicted molar refractivity (Wildman–Crippen MR) is 121 cm³/mol. The Labute approximate surface area is 189 Å². The number of ether oxygens (including phenoxy) is 3. The molecule has 32 heavy (non-hydrogen) atoms. The van der Waals surface area contributed by atoms with Crippen LogP contribution in [-0.4, -0.2) is 27.3 Å². The second kappa shape index (κ2) is 12.4. The van der Waals surface area contributed by atoms with Crippen molar-refractivity contribution in [3.8, 4) is 11.1 Å². The summed E-state index contributed by atoms with van der Waals surface area (Å²) in [6, 6.07) is 12.9. The van der Waals surface area contributed by atoms with Crippen molar-refractivity contribution in [1.82, 2.24) is 0 Å². The molecule has 2 aromatic carbocycles. The van der Waals surface area contributed by atoms with Gasteiger partial charge in [-0.25, -0.2) is 0 Å². The van der Waals surface area contributed by atoms with Gasteiger partial charge in [0.25, 0.3) is 5.97 Å². The normalized spacial score (nSPS) is 13.3. The number of halogens is 3. The molecule has 0 aliphatic rings. The maximum Gasteiger partial charge on any atom is 0.416 e. The van der Waals surface area contributed by atoms with Crippen molar-refractivity contribution in [2.24, 2.45) is 0 Å². The lowest BCUT2D eigenvalue weighted by Gasteiger charge is -2.36. The Hall–Kier alpha value is -1.89. The average Bonchev–Trinajstić information content (AvgIpc) is 2.81. The van der Waals surface area contributed by atoms with Crippen LogP contribution in [0.3, 0.4) is 0 Å². The van der Waals surface area contributed by atoms with Crippen LogP contribution in [0, 0.1) is 0 Å². The smallest absolute Gasteiger partial charge is 0.330 e. The first-order valence-electron chi connectivity index (χ1n) is 11.2. The fourth-order valence-electron chi connectivity index (χ4n) is 4.14. The first kappa shape index (κ1) is 26.4. The third-order valence-electron chi connectivity index (χ3n) is 5.96. The Kier molecular flexibility index (Phi) is 10.2. The summed E-state index contributed by atoms with van der Waals surface area (Å²) >= 11 is 0. The van der Waals surface area contributed by atoms with Crippen molar-refractivity contribution in [2.75, 3.05) is 21.3 Å². The molecule has 0 spiro atoms. The van der Waals surface area contributed by atoms with Crippen LogP contribution in [0.5, 0.6) is 0 Å². The van der Waals surface area contributed by atoms with Crippen LogP contribution in [0.1, 0.15) is 68.9 Å². The van der Waals surface area contributed by atoms with E-state index in [1.165, 1.54) is 37.8 Å². The summed E-state index contributed by atoms with van der Waals surface area (Å²) in [6.07, 6.45) is 3.44. The largest absolute Gasteiger partial charge is 0.416 e. The number of methoxy groups -OCH3 is 3. The molecule has 2 aromatic rings. The van der Waals surface area contributed by atoms with Crippen LogP contribution in [0.25, 0.3) is 11.1 Å². The monoisotopic (exact) mass is 452 g/mol. The molecule has 0 amide bonds. The number of benzene rings is 2. The van der Waals surface area contributed by atoms with Crippen LogP contribution in [0.4, 0.5) is 13.2 Å². The fourth-order valence-corrected chi connectivity index (χ4v) is 4.14. The summed E-state index contributed by atoms with van der Waals surface area (Å²) in [5.74, 6) is -1.40. The Morgan fingerprint density at radius 3 is 1.91 bits per heavy atom. The van der Waals surface area contributed by atoms with Gasteiger partial charge < -0.3 is 14.2 Å². The number of hydrogen-bond acceptors (Lipinski definition) is 3. The molecule has 0 aliphatic carbocycles.